The molecule has 5 rings (SSSR count). The van der Waals surface area contributed by atoms with Gasteiger partial charge in [0.15, 0.2) is 0 Å². The molecule has 1 spiro atoms. The van der Waals surface area contributed by atoms with E-state index in [-0.39, 0.29) is 40.2 Å². The van der Waals surface area contributed by atoms with E-state index < -0.39 is 11.0 Å². The minimum absolute atomic E-state index is 0.0227. The molecule has 5 aliphatic carbocycles. The lowest BCUT2D eigenvalue weighted by Crippen LogP contribution is -2.74. The van der Waals surface area contributed by atoms with Crippen molar-refractivity contribution in [3.63, 3.8) is 0 Å². The summed E-state index contributed by atoms with van der Waals surface area (Å²) in [6, 6.07) is 0. The minimum Gasteiger partial charge on any atom is -0.469 e. The summed E-state index contributed by atoms with van der Waals surface area (Å²) in [6.07, 6.45) is 8.99. The number of carbonyl (C=O) groups is 1. The van der Waals surface area contributed by atoms with Crippen molar-refractivity contribution in [1.29, 1.82) is 0 Å². The van der Waals surface area contributed by atoms with Crippen molar-refractivity contribution >= 4 is 5.97 Å². The molecule has 0 saturated heterocycles. The average molecular weight is 379 g/mol. The highest BCUT2D eigenvalue weighted by molar-refractivity contribution is 5.78. The number of carbonyl (C=O) groups excluding carboxylic acids is 1. The lowest BCUT2D eigenvalue weighted by molar-refractivity contribution is -0.313. The van der Waals surface area contributed by atoms with E-state index in [0.29, 0.717) is 0 Å². The maximum atomic E-state index is 13.0. The van der Waals surface area contributed by atoms with E-state index in [4.69, 9.17) is 4.74 Å². The summed E-state index contributed by atoms with van der Waals surface area (Å²) >= 11 is 0. The molecule has 154 valence electrons. The highest BCUT2D eigenvalue weighted by Crippen LogP contribution is 2.81. The summed E-state index contributed by atoms with van der Waals surface area (Å²) in [6.45, 7) is 9.26. The second kappa shape index (κ2) is 5.50. The number of esters is 1. The highest BCUT2D eigenvalue weighted by Gasteiger charge is 2.76. The zero-order valence-corrected chi connectivity index (χ0v) is 17.9. The lowest BCUT2D eigenvalue weighted by atomic mass is 9.26. The van der Waals surface area contributed by atoms with Crippen LogP contribution in [0.2, 0.25) is 0 Å². The van der Waals surface area contributed by atoms with Gasteiger partial charge in [0.2, 0.25) is 0 Å². The number of hydrogen-bond acceptors (Lipinski definition) is 4. The van der Waals surface area contributed by atoms with Gasteiger partial charge >= 0.3 is 5.97 Å². The van der Waals surface area contributed by atoms with Gasteiger partial charge in [-0.05, 0) is 85.9 Å². The predicted octanol–water partition coefficient (Wildman–Crippen LogP) is 4.08. The van der Waals surface area contributed by atoms with Crippen LogP contribution in [0, 0.1) is 33.0 Å². The van der Waals surface area contributed by atoms with Gasteiger partial charge in [0.25, 0.3) is 0 Å². The molecule has 2 N–H and O–H groups in total. The third-order valence-corrected chi connectivity index (χ3v) is 11.2. The lowest BCUT2D eigenvalue weighted by Gasteiger charge is -2.78. The zero-order chi connectivity index (χ0) is 19.9. The quantitative estimate of drug-likeness (QED) is 0.711. The number of fused-ring (bicyclic) bond motifs is 3. The Morgan fingerprint density at radius 3 is 2.33 bits per heavy atom. The van der Waals surface area contributed by atoms with Crippen LogP contribution < -0.4 is 0 Å². The van der Waals surface area contributed by atoms with E-state index >= 15 is 0 Å². The van der Waals surface area contributed by atoms with Crippen LogP contribution >= 0.6 is 0 Å². The molecule has 0 amide bonds. The number of aliphatic hydroxyl groups excluding tert-OH is 1. The van der Waals surface area contributed by atoms with Crippen LogP contribution in [0.3, 0.4) is 0 Å². The largest absolute Gasteiger partial charge is 0.469 e. The van der Waals surface area contributed by atoms with E-state index in [2.05, 4.69) is 27.7 Å². The third-order valence-electron chi connectivity index (χ3n) is 11.2. The first kappa shape index (κ1) is 19.7. The summed E-state index contributed by atoms with van der Waals surface area (Å²) in [5.41, 5.74) is -1.31. The normalized spacial score (nSPS) is 56.9. The molecular formula is C23H38O4. The average Bonchev–Trinajstić information content (AvgIpc) is 2.64. The molecule has 0 aromatic carbocycles. The molecule has 5 fully saturated rings. The molecule has 0 aromatic rings. The summed E-state index contributed by atoms with van der Waals surface area (Å²) in [7, 11) is 1.53. The van der Waals surface area contributed by atoms with Crippen LogP contribution in [0.4, 0.5) is 0 Å². The van der Waals surface area contributed by atoms with Gasteiger partial charge < -0.3 is 14.9 Å². The van der Waals surface area contributed by atoms with Crippen molar-refractivity contribution in [3.8, 4) is 0 Å². The molecule has 4 heteroatoms. The van der Waals surface area contributed by atoms with Gasteiger partial charge in [-0.2, -0.15) is 0 Å². The summed E-state index contributed by atoms with van der Waals surface area (Å²) in [5, 5.41) is 21.1. The predicted molar refractivity (Wildman–Crippen MR) is 104 cm³/mol. The van der Waals surface area contributed by atoms with Crippen molar-refractivity contribution in [2.75, 3.05) is 13.7 Å². The van der Waals surface area contributed by atoms with Gasteiger partial charge in [0.05, 0.1) is 24.7 Å². The molecule has 0 aliphatic heterocycles. The van der Waals surface area contributed by atoms with E-state index in [1.54, 1.807) is 0 Å². The van der Waals surface area contributed by atoms with Crippen molar-refractivity contribution in [2.45, 2.75) is 91.1 Å². The topological polar surface area (TPSA) is 66.8 Å². The van der Waals surface area contributed by atoms with Crippen LogP contribution in [0.1, 0.15) is 85.5 Å². The SMILES string of the molecule is COC(=O)[C@]1(C)CCC[C@]2(C)[C@]1(C)CC[C@@]13CC[C@@H](C[C@]12C)[C@@](O)(CO)C3. The Labute approximate surface area is 164 Å². The first-order chi connectivity index (χ1) is 12.5. The molecular weight excluding hydrogens is 340 g/mol. The summed E-state index contributed by atoms with van der Waals surface area (Å²) in [4.78, 5) is 13.0. The summed E-state index contributed by atoms with van der Waals surface area (Å²) < 4.78 is 5.32. The van der Waals surface area contributed by atoms with Gasteiger partial charge in [-0.3, -0.25) is 4.79 Å². The number of hydrogen-bond donors (Lipinski definition) is 2. The fraction of sp³-hybridized carbons (Fsp3) is 0.957. The van der Waals surface area contributed by atoms with Crippen LogP contribution in [0.5, 0.6) is 0 Å². The fourth-order valence-corrected chi connectivity index (χ4v) is 8.93. The molecule has 2 bridgehead atoms. The maximum Gasteiger partial charge on any atom is 0.312 e. The Kier molecular flexibility index (Phi) is 4.01. The van der Waals surface area contributed by atoms with Crippen molar-refractivity contribution in [1.82, 2.24) is 0 Å². The number of methoxy groups -OCH3 is 1. The van der Waals surface area contributed by atoms with E-state index in [9.17, 15) is 15.0 Å². The molecule has 7 atom stereocenters. The second-order valence-corrected chi connectivity index (χ2v) is 11.3. The molecule has 4 nitrogen and oxygen atoms in total. The fourth-order valence-electron chi connectivity index (χ4n) is 8.93. The molecule has 0 radical (unpaired) electrons. The van der Waals surface area contributed by atoms with Crippen molar-refractivity contribution in [3.05, 3.63) is 0 Å². The number of rotatable bonds is 2. The van der Waals surface area contributed by atoms with Crippen molar-refractivity contribution < 1.29 is 19.7 Å². The van der Waals surface area contributed by atoms with E-state index in [1.165, 1.54) is 7.11 Å². The maximum absolute atomic E-state index is 13.0. The van der Waals surface area contributed by atoms with Gasteiger partial charge in [0, 0.05) is 0 Å². The van der Waals surface area contributed by atoms with E-state index in [1.807, 2.05) is 0 Å². The molecule has 0 aromatic heterocycles. The first-order valence-corrected chi connectivity index (χ1v) is 10.9. The van der Waals surface area contributed by atoms with Crippen LogP contribution in [0.25, 0.3) is 0 Å². The monoisotopic (exact) mass is 378 g/mol. The molecule has 0 unspecified atom stereocenters. The Balaban J connectivity index is 1.84. The Morgan fingerprint density at radius 1 is 1.00 bits per heavy atom. The summed E-state index contributed by atoms with van der Waals surface area (Å²) in [5.74, 6) is 0.114. The Hall–Kier alpha value is -0.610. The van der Waals surface area contributed by atoms with Gasteiger partial charge in [0.1, 0.15) is 0 Å². The first-order valence-electron chi connectivity index (χ1n) is 10.9. The smallest absolute Gasteiger partial charge is 0.312 e. The Morgan fingerprint density at radius 2 is 1.70 bits per heavy atom. The molecule has 0 heterocycles. The minimum atomic E-state index is -0.915. The molecule has 27 heavy (non-hydrogen) atoms. The zero-order valence-electron chi connectivity index (χ0n) is 17.9. The van der Waals surface area contributed by atoms with Gasteiger partial charge in [-0.1, -0.05) is 27.2 Å². The van der Waals surface area contributed by atoms with E-state index in [0.717, 1.165) is 57.8 Å². The van der Waals surface area contributed by atoms with Gasteiger partial charge in [-0.15, -0.1) is 0 Å². The number of ether oxygens (including phenoxy) is 1. The third kappa shape index (κ3) is 1.95. The highest BCUT2D eigenvalue weighted by atomic mass is 16.5. The van der Waals surface area contributed by atoms with Crippen LogP contribution in [0.15, 0.2) is 0 Å². The van der Waals surface area contributed by atoms with Gasteiger partial charge in [-0.25, -0.2) is 0 Å². The number of aliphatic hydroxyl groups is 2. The standard InChI is InChI=1S/C23H38O4/c1-18(17(25)27-5)8-6-9-20(3)19(18,2)11-12-22-10-7-16(13-21(20,22)4)23(26,14-22)15-24/h16,24,26H,6-15H2,1-5H3/t16-,18-,19+,20+,21-,22+,23-/m0/s1. The second-order valence-electron chi connectivity index (χ2n) is 11.3. The Bertz CT molecular complexity index is 663. The van der Waals surface area contributed by atoms with Crippen LogP contribution in [-0.2, 0) is 9.53 Å². The van der Waals surface area contributed by atoms with Crippen LogP contribution in [-0.4, -0.2) is 35.5 Å². The van der Waals surface area contributed by atoms with Crippen molar-refractivity contribution in [2.24, 2.45) is 33.0 Å². The molecule has 5 aliphatic rings. The molecule has 5 saturated carbocycles.